The molecule has 0 aliphatic rings. The Morgan fingerprint density at radius 3 is 2.61 bits per heavy atom. The van der Waals surface area contributed by atoms with Crippen LogP contribution in [-0.4, -0.2) is 26.0 Å². The minimum atomic E-state index is -3.88. The molecule has 0 radical (unpaired) electrons. The number of carboxylic acids is 1. The van der Waals surface area contributed by atoms with Crippen LogP contribution in [0.2, 0.25) is 5.02 Å². The lowest BCUT2D eigenvalue weighted by atomic mass is 10.2. The number of rotatable bonds is 5. The summed E-state index contributed by atoms with van der Waals surface area (Å²) in [6.07, 6.45) is 0. The Bertz CT molecular complexity index is 600. The van der Waals surface area contributed by atoms with Gasteiger partial charge < -0.3 is 5.11 Å². The normalized spacial score (nSPS) is 11.2. The van der Waals surface area contributed by atoms with Gasteiger partial charge in [-0.3, -0.25) is 0 Å². The second-order valence-corrected chi connectivity index (χ2v) is 6.56. The quantitative estimate of drug-likeness (QED) is 0.849. The Morgan fingerprint density at radius 2 is 2.11 bits per heavy atom. The van der Waals surface area contributed by atoms with E-state index in [4.69, 9.17) is 16.7 Å². The molecule has 1 aromatic rings. The topological polar surface area (TPSA) is 83.5 Å². The largest absolute Gasteiger partial charge is 0.478 e. The molecule has 0 bridgehead atoms. The third-order valence-electron chi connectivity index (χ3n) is 1.92. The van der Waals surface area contributed by atoms with Crippen LogP contribution in [0.3, 0.4) is 0 Å². The first kappa shape index (κ1) is 15.2. The summed E-state index contributed by atoms with van der Waals surface area (Å²) in [6, 6.07) is 3.46. The van der Waals surface area contributed by atoms with Gasteiger partial charge in [0.2, 0.25) is 10.0 Å². The monoisotopic (exact) mass is 353 g/mol. The van der Waals surface area contributed by atoms with Crippen molar-refractivity contribution >= 4 is 43.5 Å². The Labute approximate surface area is 118 Å². The maximum atomic E-state index is 11.9. The van der Waals surface area contributed by atoms with Crippen LogP contribution in [0.4, 0.5) is 0 Å². The molecule has 1 rings (SSSR count). The van der Waals surface area contributed by atoms with Gasteiger partial charge in [-0.1, -0.05) is 34.1 Å². The molecule has 98 valence electrons. The van der Waals surface area contributed by atoms with E-state index in [-0.39, 0.29) is 22.0 Å². The Balaban J connectivity index is 3.18. The molecule has 0 atom stereocenters. The van der Waals surface area contributed by atoms with Gasteiger partial charge in [0, 0.05) is 11.0 Å². The smallest absolute Gasteiger partial charge is 0.335 e. The fraction of sp³-hybridized carbons (Fsp3) is 0.100. The van der Waals surface area contributed by atoms with E-state index in [2.05, 4.69) is 27.2 Å². The zero-order valence-electron chi connectivity index (χ0n) is 8.98. The van der Waals surface area contributed by atoms with Gasteiger partial charge in [0.05, 0.1) is 10.6 Å². The van der Waals surface area contributed by atoms with Crippen LogP contribution in [0, 0.1) is 0 Å². The number of hydrogen-bond acceptors (Lipinski definition) is 3. The van der Waals surface area contributed by atoms with Crippen LogP contribution in [0.1, 0.15) is 10.4 Å². The van der Waals surface area contributed by atoms with Crippen LogP contribution >= 0.6 is 27.5 Å². The third-order valence-corrected chi connectivity index (χ3v) is 4.08. The van der Waals surface area contributed by atoms with Crippen molar-refractivity contribution in [3.05, 3.63) is 39.8 Å². The molecule has 1 aromatic carbocycles. The number of hydrogen-bond donors (Lipinski definition) is 2. The number of carbonyl (C=O) groups is 1. The van der Waals surface area contributed by atoms with Crippen molar-refractivity contribution < 1.29 is 18.3 Å². The number of benzene rings is 1. The summed E-state index contributed by atoms with van der Waals surface area (Å²) < 4.78 is 26.4. The lowest BCUT2D eigenvalue weighted by Gasteiger charge is -2.08. The van der Waals surface area contributed by atoms with Gasteiger partial charge in [0.1, 0.15) is 4.90 Å². The van der Waals surface area contributed by atoms with E-state index in [1.807, 2.05) is 0 Å². The minimum Gasteiger partial charge on any atom is -0.478 e. The third kappa shape index (κ3) is 3.81. The van der Waals surface area contributed by atoms with E-state index in [0.717, 1.165) is 6.07 Å². The minimum absolute atomic E-state index is 0.0179. The SMILES string of the molecule is C=C(Br)CNS(=O)(=O)c1cc(C(=O)O)ccc1Cl. The molecule has 0 fully saturated rings. The second-order valence-electron chi connectivity index (χ2n) is 3.29. The molecule has 0 aliphatic heterocycles. The van der Waals surface area contributed by atoms with E-state index >= 15 is 0 Å². The summed E-state index contributed by atoms with van der Waals surface area (Å²) in [5, 5.41) is 8.76. The molecule has 0 aromatic heterocycles. The summed E-state index contributed by atoms with van der Waals surface area (Å²) >= 11 is 8.76. The van der Waals surface area contributed by atoms with Crippen LogP contribution < -0.4 is 4.72 Å². The van der Waals surface area contributed by atoms with Gasteiger partial charge in [0.25, 0.3) is 0 Å². The molecule has 0 saturated heterocycles. The Kier molecular flexibility index (Phi) is 4.92. The average Bonchev–Trinajstić information content (AvgIpc) is 2.26. The van der Waals surface area contributed by atoms with Crippen LogP contribution in [0.5, 0.6) is 0 Å². The highest BCUT2D eigenvalue weighted by Crippen LogP contribution is 2.22. The maximum absolute atomic E-state index is 11.9. The van der Waals surface area contributed by atoms with E-state index in [0.29, 0.717) is 4.48 Å². The van der Waals surface area contributed by atoms with Gasteiger partial charge in [-0.25, -0.2) is 17.9 Å². The predicted octanol–water partition coefficient (Wildman–Crippen LogP) is 2.23. The molecule has 2 N–H and O–H groups in total. The van der Waals surface area contributed by atoms with Gasteiger partial charge in [-0.05, 0) is 18.2 Å². The molecule has 0 saturated carbocycles. The summed E-state index contributed by atoms with van der Waals surface area (Å²) in [5.74, 6) is -1.23. The standard InChI is InChI=1S/C10H9BrClNO4S/c1-6(11)5-13-18(16,17)9-4-7(10(14)15)2-3-8(9)12/h2-4,13H,1,5H2,(H,14,15). The summed E-state index contributed by atoms with van der Waals surface area (Å²) in [7, 11) is -3.88. The fourth-order valence-corrected chi connectivity index (χ4v) is 2.97. The average molecular weight is 355 g/mol. The Hall–Kier alpha value is -0.890. The van der Waals surface area contributed by atoms with E-state index in [9.17, 15) is 13.2 Å². The van der Waals surface area contributed by atoms with Crippen molar-refractivity contribution in [3.8, 4) is 0 Å². The second kappa shape index (κ2) is 5.83. The van der Waals surface area contributed by atoms with Crippen molar-refractivity contribution in [3.63, 3.8) is 0 Å². The Morgan fingerprint density at radius 1 is 1.50 bits per heavy atom. The van der Waals surface area contributed by atoms with Crippen LogP contribution in [0.25, 0.3) is 0 Å². The van der Waals surface area contributed by atoms with Crippen LogP contribution in [-0.2, 0) is 10.0 Å². The molecular formula is C10H9BrClNO4S. The number of aromatic carboxylic acids is 1. The first-order valence-corrected chi connectivity index (χ1v) is 7.25. The fourth-order valence-electron chi connectivity index (χ4n) is 1.09. The number of carboxylic acid groups (broad SMARTS) is 1. The van der Waals surface area contributed by atoms with Gasteiger partial charge in [-0.2, -0.15) is 0 Å². The summed E-state index contributed by atoms with van der Waals surface area (Å²) in [5.41, 5.74) is -0.155. The van der Waals surface area contributed by atoms with Crippen LogP contribution in [0.15, 0.2) is 34.2 Å². The molecule has 0 amide bonds. The molecule has 8 heteroatoms. The van der Waals surface area contributed by atoms with Crippen molar-refractivity contribution in [1.82, 2.24) is 4.72 Å². The molecular weight excluding hydrogens is 346 g/mol. The van der Waals surface area contributed by atoms with Gasteiger partial charge in [-0.15, -0.1) is 0 Å². The van der Waals surface area contributed by atoms with Crippen molar-refractivity contribution in [2.75, 3.05) is 6.54 Å². The van der Waals surface area contributed by atoms with Crippen molar-refractivity contribution in [2.45, 2.75) is 4.90 Å². The molecule has 0 heterocycles. The zero-order chi connectivity index (χ0) is 13.9. The molecule has 5 nitrogen and oxygen atoms in total. The summed E-state index contributed by atoms with van der Waals surface area (Å²) in [4.78, 5) is 10.5. The number of halogens is 2. The highest BCUT2D eigenvalue weighted by Gasteiger charge is 2.19. The van der Waals surface area contributed by atoms with Gasteiger partial charge in [0.15, 0.2) is 0 Å². The highest BCUT2D eigenvalue weighted by molar-refractivity contribution is 9.11. The number of sulfonamides is 1. The van der Waals surface area contributed by atoms with Crippen molar-refractivity contribution in [2.24, 2.45) is 0 Å². The van der Waals surface area contributed by atoms with Gasteiger partial charge >= 0.3 is 5.97 Å². The summed E-state index contributed by atoms with van der Waals surface area (Å²) in [6.45, 7) is 3.46. The molecule has 0 aliphatic carbocycles. The van der Waals surface area contributed by atoms with E-state index in [1.165, 1.54) is 12.1 Å². The van der Waals surface area contributed by atoms with E-state index in [1.54, 1.807) is 0 Å². The lowest BCUT2D eigenvalue weighted by Crippen LogP contribution is -2.25. The highest BCUT2D eigenvalue weighted by atomic mass is 79.9. The molecule has 0 unspecified atom stereocenters. The number of nitrogens with one attached hydrogen (secondary N) is 1. The zero-order valence-corrected chi connectivity index (χ0v) is 12.1. The van der Waals surface area contributed by atoms with Crippen molar-refractivity contribution in [1.29, 1.82) is 0 Å². The lowest BCUT2D eigenvalue weighted by molar-refractivity contribution is 0.0696. The van der Waals surface area contributed by atoms with E-state index < -0.39 is 16.0 Å². The maximum Gasteiger partial charge on any atom is 0.335 e. The predicted molar refractivity (Wildman–Crippen MR) is 71.7 cm³/mol. The molecule has 18 heavy (non-hydrogen) atoms. The first-order valence-electron chi connectivity index (χ1n) is 4.60. The molecule has 0 spiro atoms. The first-order chi connectivity index (χ1) is 8.24.